The largest absolute Gasteiger partial charge is 0.490 e. The van der Waals surface area contributed by atoms with E-state index in [1.165, 1.54) is 12.1 Å². The monoisotopic (exact) mass is 372 g/mol. The predicted molar refractivity (Wildman–Crippen MR) is 75.4 cm³/mol. The highest BCUT2D eigenvalue weighted by molar-refractivity contribution is 9.10. The Bertz CT molecular complexity index is 506. The van der Waals surface area contributed by atoms with Crippen LogP contribution in [0, 0.1) is 0 Å². The first-order chi connectivity index (χ1) is 8.95. The third kappa shape index (κ3) is 6.09. The van der Waals surface area contributed by atoms with Gasteiger partial charge in [-0.05, 0) is 18.2 Å². The maximum Gasteiger partial charge on any atom is 0.265 e. The average molecular weight is 374 g/mol. The SMILES string of the molecule is COCCOCCOc1ccc(Br)cc1S(=O)(=O)Cl. The Morgan fingerprint density at radius 2 is 1.89 bits per heavy atom. The Balaban J connectivity index is 2.59. The van der Waals surface area contributed by atoms with Crippen molar-refractivity contribution >= 4 is 35.7 Å². The molecule has 0 atom stereocenters. The summed E-state index contributed by atoms with van der Waals surface area (Å²) in [6.45, 7) is 1.52. The van der Waals surface area contributed by atoms with Gasteiger partial charge in [-0.25, -0.2) is 8.42 Å². The van der Waals surface area contributed by atoms with Crippen LogP contribution in [0.3, 0.4) is 0 Å². The van der Waals surface area contributed by atoms with Crippen molar-refractivity contribution in [3.05, 3.63) is 22.7 Å². The van der Waals surface area contributed by atoms with Crippen molar-refractivity contribution in [1.29, 1.82) is 0 Å². The van der Waals surface area contributed by atoms with E-state index in [-0.39, 0.29) is 17.3 Å². The zero-order chi connectivity index (χ0) is 14.3. The fraction of sp³-hybridized carbons (Fsp3) is 0.455. The number of methoxy groups -OCH3 is 1. The van der Waals surface area contributed by atoms with Gasteiger partial charge in [0.1, 0.15) is 17.3 Å². The van der Waals surface area contributed by atoms with Crippen molar-refractivity contribution in [1.82, 2.24) is 0 Å². The van der Waals surface area contributed by atoms with Crippen molar-refractivity contribution in [2.24, 2.45) is 0 Å². The molecule has 0 saturated heterocycles. The standard InChI is InChI=1S/C11H14BrClO5S/c1-16-4-5-17-6-7-18-10-3-2-9(12)8-11(10)19(13,14)15/h2-3,8H,4-7H2,1H3. The molecule has 19 heavy (non-hydrogen) atoms. The highest BCUT2D eigenvalue weighted by atomic mass is 79.9. The Labute approximate surface area is 125 Å². The fourth-order valence-corrected chi connectivity index (χ4v) is 2.76. The molecule has 0 saturated carbocycles. The maximum atomic E-state index is 11.4. The number of halogens is 2. The Morgan fingerprint density at radius 3 is 2.53 bits per heavy atom. The third-order valence-corrected chi connectivity index (χ3v) is 3.92. The lowest BCUT2D eigenvalue weighted by Crippen LogP contribution is -2.11. The molecule has 0 fully saturated rings. The van der Waals surface area contributed by atoms with E-state index in [0.29, 0.717) is 24.3 Å². The molecule has 0 spiro atoms. The van der Waals surface area contributed by atoms with E-state index in [2.05, 4.69) is 15.9 Å². The van der Waals surface area contributed by atoms with Crippen LogP contribution in [0.2, 0.25) is 0 Å². The lowest BCUT2D eigenvalue weighted by molar-refractivity contribution is 0.0539. The minimum absolute atomic E-state index is 0.0690. The summed E-state index contributed by atoms with van der Waals surface area (Å²) in [7, 11) is 3.07. The molecule has 0 aliphatic heterocycles. The lowest BCUT2D eigenvalue weighted by atomic mass is 10.3. The summed E-state index contributed by atoms with van der Waals surface area (Å²) in [6.07, 6.45) is 0. The summed E-state index contributed by atoms with van der Waals surface area (Å²) in [5.41, 5.74) is 0. The fourth-order valence-electron chi connectivity index (χ4n) is 1.25. The molecule has 108 valence electrons. The summed E-state index contributed by atoms with van der Waals surface area (Å²) in [6, 6.07) is 4.60. The second-order valence-corrected chi connectivity index (χ2v) is 6.93. The minimum Gasteiger partial charge on any atom is -0.490 e. The predicted octanol–water partition coefficient (Wildman–Crippen LogP) is 2.42. The van der Waals surface area contributed by atoms with Crippen molar-refractivity contribution in [3.63, 3.8) is 0 Å². The van der Waals surface area contributed by atoms with Gasteiger partial charge in [0, 0.05) is 22.3 Å². The summed E-state index contributed by atoms with van der Waals surface area (Å²) in [5, 5.41) is 0. The van der Waals surface area contributed by atoms with Gasteiger partial charge in [0.15, 0.2) is 0 Å². The Kier molecular flexibility index (Phi) is 7.09. The molecule has 0 aromatic heterocycles. The molecule has 1 aromatic rings. The number of benzene rings is 1. The molecular weight excluding hydrogens is 360 g/mol. The van der Waals surface area contributed by atoms with Crippen molar-refractivity contribution in [2.45, 2.75) is 4.90 Å². The van der Waals surface area contributed by atoms with Gasteiger partial charge in [0.2, 0.25) is 0 Å². The summed E-state index contributed by atoms with van der Waals surface area (Å²) >= 11 is 3.18. The summed E-state index contributed by atoms with van der Waals surface area (Å²) in [5.74, 6) is 0.202. The second-order valence-electron chi connectivity index (χ2n) is 3.48. The molecule has 0 aliphatic carbocycles. The topological polar surface area (TPSA) is 61.8 Å². The van der Waals surface area contributed by atoms with Gasteiger partial charge in [-0.1, -0.05) is 15.9 Å². The van der Waals surface area contributed by atoms with Gasteiger partial charge >= 0.3 is 0 Å². The Morgan fingerprint density at radius 1 is 1.21 bits per heavy atom. The van der Waals surface area contributed by atoms with Crippen LogP contribution in [0.4, 0.5) is 0 Å². The van der Waals surface area contributed by atoms with E-state index in [0.717, 1.165) is 0 Å². The number of hydrogen-bond donors (Lipinski definition) is 0. The van der Waals surface area contributed by atoms with Gasteiger partial charge in [0.05, 0.1) is 19.8 Å². The lowest BCUT2D eigenvalue weighted by Gasteiger charge is -2.10. The van der Waals surface area contributed by atoms with Crippen LogP contribution >= 0.6 is 26.6 Å². The van der Waals surface area contributed by atoms with E-state index in [4.69, 9.17) is 24.9 Å². The molecule has 0 radical (unpaired) electrons. The first kappa shape index (κ1) is 16.7. The van der Waals surface area contributed by atoms with E-state index >= 15 is 0 Å². The molecule has 1 rings (SSSR count). The summed E-state index contributed by atoms with van der Waals surface area (Å²) in [4.78, 5) is -0.0690. The maximum absolute atomic E-state index is 11.4. The van der Waals surface area contributed by atoms with E-state index in [1.54, 1.807) is 13.2 Å². The smallest absolute Gasteiger partial charge is 0.265 e. The third-order valence-electron chi connectivity index (χ3n) is 2.09. The first-order valence-corrected chi connectivity index (χ1v) is 8.49. The van der Waals surface area contributed by atoms with Gasteiger partial charge in [0.25, 0.3) is 9.05 Å². The number of hydrogen-bond acceptors (Lipinski definition) is 5. The molecule has 0 bridgehead atoms. The van der Waals surface area contributed by atoms with Gasteiger partial charge in [-0.15, -0.1) is 0 Å². The normalized spacial score (nSPS) is 11.5. The molecule has 5 nitrogen and oxygen atoms in total. The van der Waals surface area contributed by atoms with Crippen LogP contribution in [-0.4, -0.2) is 42.0 Å². The van der Waals surface area contributed by atoms with Gasteiger partial charge in [-0.2, -0.15) is 0 Å². The van der Waals surface area contributed by atoms with E-state index < -0.39 is 9.05 Å². The van der Waals surface area contributed by atoms with Crippen LogP contribution in [-0.2, 0) is 18.5 Å². The van der Waals surface area contributed by atoms with Crippen LogP contribution in [0.25, 0.3) is 0 Å². The van der Waals surface area contributed by atoms with Gasteiger partial charge in [-0.3, -0.25) is 0 Å². The van der Waals surface area contributed by atoms with Crippen molar-refractivity contribution in [2.75, 3.05) is 33.5 Å². The Hall–Kier alpha value is -0.340. The number of ether oxygens (including phenoxy) is 3. The second kappa shape index (κ2) is 8.06. The van der Waals surface area contributed by atoms with E-state index in [1.807, 2.05) is 0 Å². The number of rotatable bonds is 8. The van der Waals surface area contributed by atoms with Gasteiger partial charge < -0.3 is 14.2 Å². The molecule has 0 amide bonds. The van der Waals surface area contributed by atoms with Crippen molar-refractivity contribution in [3.8, 4) is 5.75 Å². The molecule has 0 aliphatic rings. The average Bonchev–Trinajstić information content (AvgIpc) is 2.34. The highest BCUT2D eigenvalue weighted by Crippen LogP contribution is 2.29. The van der Waals surface area contributed by atoms with Crippen molar-refractivity contribution < 1.29 is 22.6 Å². The summed E-state index contributed by atoms with van der Waals surface area (Å²) < 4.78 is 38.8. The molecule has 0 unspecified atom stereocenters. The van der Waals surface area contributed by atoms with Crippen LogP contribution in [0.5, 0.6) is 5.75 Å². The van der Waals surface area contributed by atoms with Crippen LogP contribution in [0.1, 0.15) is 0 Å². The highest BCUT2D eigenvalue weighted by Gasteiger charge is 2.17. The molecular formula is C11H14BrClO5S. The quantitative estimate of drug-likeness (QED) is 0.517. The van der Waals surface area contributed by atoms with Crippen LogP contribution < -0.4 is 4.74 Å². The molecule has 8 heteroatoms. The molecule has 0 N–H and O–H groups in total. The van der Waals surface area contributed by atoms with E-state index in [9.17, 15) is 8.42 Å². The molecule has 1 aromatic carbocycles. The first-order valence-electron chi connectivity index (χ1n) is 5.39. The zero-order valence-corrected chi connectivity index (χ0v) is 13.4. The minimum atomic E-state index is -3.85. The van der Waals surface area contributed by atoms with Crippen LogP contribution in [0.15, 0.2) is 27.6 Å². The molecule has 0 heterocycles. The zero-order valence-electron chi connectivity index (χ0n) is 10.3.